The Bertz CT molecular complexity index is 878. The van der Waals surface area contributed by atoms with Gasteiger partial charge in [-0.25, -0.2) is 4.98 Å². The molecule has 1 aliphatic carbocycles. The molecular weight excluding hydrogens is 342 g/mol. The molecule has 0 atom stereocenters. The number of aryl methyl sites for hydroxylation is 2. The van der Waals surface area contributed by atoms with Crippen LogP contribution >= 0.6 is 12.8 Å². The molecule has 138 valence electrons. The van der Waals surface area contributed by atoms with Crippen LogP contribution in [0.25, 0.3) is 17.7 Å². The first-order valence-corrected chi connectivity index (χ1v) is 9.45. The summed E-state index contributed by atoms with van der Waals surface area (Å²) in [6.07, 6.45) is 8.29. The molecule has 4 nitrogen and oxygen atoms in total. The molecule has 0 saturated carbocycles. The summed E-state index contributed by atoms with van der Waals surface area (Å²) in [5.74, 6) is 1.37. The third-order valence-electron chi connectivity index (χ3n) is 5.07. The molecule has 0 aliphatic heterocycles. The molecule has 0 radical (unpaired) electrons. The minimum Gasteiger partial charge on any atom is -0.377 e. The Morgan fingerprint density at radius 1 is 1.38 bits per heavy atom. The van der Waals surface area contributed by atoms with Gasteiger partial charge in [-0.3, -0.25) is 8.96 Å². The van der Waals surface area contributed by atoms with Crippen molar-refractivity contribution in [2.75, 3.05) is 7.11 Å². The maximum absolute atomic E-state index is 5.23. The van der Waals surface area contributed by atoms with Gasteiger partial charge in [0, 0.05) is 24.6 Å². The van der Waals surface area contributed by atoms with Gasteiger partial charge in [0.2, 0.25) is 0 Å². The zero-order valence-electron chi connectivity index (χ0n) is 16.2. The predicted molar refractivity (Wildman–Crippen MR) is 111 cm³/mol. The SMILES string of the molecule is COCc1nc2c(n1S)C=C(c1ccnc(C)c1/C=C(\C)C(C)C)CC2. The van der Waals surface area contributed by atoms with Gasteiger partial charge in [0.05, 0.1) is 11.4 Å². The second kappa shape index (κ2) is 7.80. The van der Waals surface area contributed by atoms with Crippen molar-refractivity contribution >= 4 is 30.5 Å². The maximum Gasteiger partial charge on any atom is 0.145 e. The predicted octanol–water partition coefficient (Wildman–Crippen LogP) is 4.97. The van der Waals surface area contributed by atoms with Crippen molar-refractivity contribution in [1.82, 2.24) is 13.9 Å². The number of methoxy groups -OCH3 is 1. The number of hydrogen-bond acceptors (Lipinski definition) is 4. The van der Waals surface area contributed by atoms with E-state index in [9.17, 15) is 0 Å². The number of aromatic nitrogens is 3. The summed E-state index contributed by atoms with van der Waals surface area (Å²) in [4.78, 5) is 9.19. The molecule has 2 aromatic rings. The van der Waals surface area contributed by atoms with Crippen molar-refractivity contribution in [3.63, 3.8) is 0 Å². The van der Waals surface area contributed by atoms with Gasteiger partial charge in [0.1, 0.15) is 12.4 Å². The van der Waals surface area contributed by atoms with Gasteiger partial charge in [-0.05, 0) is 55.9 Å². The normalized spacial score (nSPS) is 14.6. The highest BCUT2D eigenvalue weighted by molar-refractivity contribution is 7.78. The van der Waals surface area contributed by atoms with Crippen LogP contribution in [0.2, 0.25) is 0 Å². The summed E-state index contributed by atoms with van der Waals surface area (Å²) in [5.41, 5.74) is 8.37. The highest BCUT2D eigenvalue weighted by Gasteiger charge is 2.21. The van der Waals surface area contributed by atoms with Crippen LogP contribution in [0, 0.1) is 12.8 Å². The summed E-state index contributed by atoms with van der Waals surface area (Å²) in [6, 6.07) is 2.12. The zero-order valence-corrected chi connectivity index (χ0v) is 17.1. The minimum atomic E-state index is 0.468. The Kier molecular flexibility index (Phi) is 5.68. The molecule has 0 spiro atoms. The topological polar surface area (TPSA) is 39.9 Å². The van der Waals surface area contributed by atoms with Gasteiger partial charge in [0.15, 0.2) is 0 Å². The molecule has 2 aromatic heterocycles. The van der Waals surface area contributed by atoms with E-state index in [-0.39, 0.29) is 0 Å². The van der Waals surface area contributed by atoms with E-state index in [1.54, 1.807) is 7.11 Å². The molecule has 0 bridgehead atoms. The van der Waals surface area contributed by atoms with Crippen LogP contribution in [-0.2, 0) is 17.8 Å². The van der Waals surface area contributed by atoms with Crippen molar-refractivity contribution in [2.45, 2.75) is 47.1 Å². The van der Waals surface area contributed by atoms with Crippen molar-refractivity contribution in [3.05, 3.63) is 51.9 Å². The molecule has 0 fully saturated rings. The van der Waals surface area contributed by atoms with Crippen LogP contribution in [0.15, 0.2) is 17.8 Å². The van der Waals surface area contributed by atoms with Gasteiger partial charge < -0.3 is 4.74 Å². The third-order valence-corrected chi connectivity index (χ3v) is 5.51. The van der Waals surface area contributed by atoms with E-state index in [1.165, 1.54) is 22.3 Å². The first-order chi connectivity index (χ1) is 12.4. The second-order valence-electron chi connectivity index (χ2n) is 7.18. The third kappa shape index (κ3) is 3.64. The summed E-state index contributed by atoms with van der Waals surface area (Å²) in [5, 5.41) is 0. The lowest BCUT2D eigenvalue weighted by atomic mass is 9.89. The van der Waals surface area contributed by atoms with Gasteiger partial charge in [-0.2, -0.15) is 0 Å². The van der Waals surface area contributed by atoms with E-state index in [4.69, 9.17) is 4.74 Å². The Balaban J connectivity index is 2.08. The molecule has 0 unspecified atom stereocenters. The maximum atomic E-state index is 5.23. The van der Waals surface area contributed by atoms with Crippen LogP contribution in [0.3, 0.4) is 0 Å². The average Bonchev–Trinajstić information content (AvgIpc) is 2.92. The largest absolute Gasteiger partial charge is 0.377 e. The molecule has 26 heavy (non-hydrogen) atoms. The Morgan fingerprint density at radius 3 is 2.85 bits per heavy atom. The number of allylic oxidation sites excluding steroid dienone is 2. The standard InChI is InChI=1S/C21H27N3OS/c1-13(2)14(3)10-18-15(4)22-9-8-17(18)16-6-7-19-20(11-16)24(26)21(23-19)12-25-5/h8-11,13,26H,6-7,12H2,1-5H3/b14-10+. The Labute approximate surface area is 161 Å². The number of nitrogens with zero attached hydrogens (tertiary/aromatic N) is 3. The van der Waals surface area contributed by atoms with Crippen molar-refractivity contribution < 1.29 is 4.74 Å². The van der Waals surface area contributed by atoms with Crippen LogP contribution < -0.4 is 0 Å². The first-order valence-electron chi connectivity index (χ1n) is 9.05. The highest BCUT2D eigenvalue weighted by Crippen LogP contribution is 2.34. The Hall–Kier alpha value is -1.85. The molecule has 3 rings (SSSR count). The van der Waals surface area contributed by atoms with E-state index >= 15 is 0 Å². The monoisotopic (exact) mass is 369 g/mol. The van der Waals surface area contributed by atoms with Gasteiger partial charge in [-0.1, -0.05) is 38.3 Å². The second-order valence-corrected chi connectivity index (χ2v) is 7.58. The zero-order chi connectivity index (χ0) is 18.8. The van der Waals surface area contributed by atoms with E-state index in [0.717, 1.165) is 35.7 Å². The molecule has 0 N–H and O–H groups in total. The number of rotatable bonds is 5. The van der Waals surface area contributed by atoms with Gasteiger partial charge in [0.25, 0.3) is 0 Å². The van der Waals surface area contributed by atoms with Crippen molar-refractivity contribution in [3.8, 4) is 0 Å². The van der Waals surface area contributed by atoms with E-state index < -0.39 is 0 Å². The summed E-state index contributed by atoms with van der Waals surface area (Å²) in [6.45, 7) is 9.18. The van der Waals surface area contributed by atoms with Crippen molar-refractivity contribution in [2.24, 2.45) is 5.92 Å². The van der Waals surface area contributed by atoms with E-state index in [0.29, 0.717) is 12.5 Å². The Morgan fingerprint density at radius 2 is 2.15 bits per heavy atom. The molecule has 2 heterocycles. The molecule has 0 amide bonds. The van der Waals surface area contributed by atoms with Gasteiger partial charge in [-0.15, -0.1) is 0 Å². The summed E-state index contributed by atoms with van der Waals surface area (Å²) < 4.78 is 7.08. The highest BCUT2D eigenvalue weighted by atomic mass is 32.1. The lowest BCUT2D eigenvalue weighted by molar-refractivity contribution is 0.177. The smallest absolute Gasteiger partial charge is 0.145 e. The lowest BCUT2D eigenvalue weighted by Crippen LogP contribution is -2.03. The van der Waals surface area contributed by atoms with Crippen LogP contribution in [0.1, 0.15) is 61.2 Å². The van der Waals surface area contributed by atoms with E-state index in [1.807, 2.05) is 10.2 Å². The quantitative estimate of drug-likeness (QED) is 0.756. The summed E-state index contributed by atoms with van der Waals surface area (Å²) in [7, 11) is 1.68. The van der Waals surface area contributed by atoms with Crippen molar-refractivity contribution in [1.29, 1.82) is 0 Å². The van der Waals surface area contributed by atoms with Gasteiger partial charge >= 0.3 is 0 Å². The van der Waals surface area contributed by atoms with Crippen LogP contribution in [0.4, 0.5) is 0 Å². The average molecular weight is 370 g/mol. The molecule has 5 heteroatoms. The number of hydrogen-bond donors (Lipinski definition) is 1. The number of pyridine rings is 1. The number of imidazole rings is 1. The first kappa shape index (κ1) is 18.9. The minimum absolute atomic E-state index is 0.468. The number of fused-ring (bicyclic) bond motifs is 1. The molecular formula is C21H27N3OS. The molecule has 0 saturated heterocycles. The lowest BCUT2D eigenvalue weighted by Gasteiger charge is -2.18. The molecule has 0 aromatic carbocycles. The van der Waals surface area contributed by atoms with Crippen LogP contribution in [0.5, 0.6) is 0 Å². The van der Waals surface area contributed by atoms with E-state index in [2.05, 4.69) is 68.7 Å². The fourth-order valence-electron chi connectivity index (χ4n) is 3.21. The fraction of sp³-hybridized carbons (Fsp3) is 0.429. The number of ether oxygens (including phenoxy) is 1. The summed E-state index contributed by atoms with van der Waals surface area (Å²) >= 11 is 4.62. The molecule has 1 aliphatic rings. The van der Waals surface area contributed by atoms with Crippen LogP contribution in [-0.4, -0.2) is 21.1 Å². The fourth-order valence-corrected chi connectivity index (χ4v) is 3.49. The number of thiol groups is 1.